The van der Waals surface area contributed by atoms with Crippen LogP contribution < -0.4 is 14.4 Å². The lowest BCUT2D eigenvalue weighted by molar-refractivity contribution is -0.128. The molecule has 2 bridgehead atoms. The van der Waals surface area contributed by atoms with Crippen molar-refractivity contribution in [3.8, 4) is 11.5 Å². The van der Waals surface area contributed by atoms with Gasteiger partial charge in [0.25, 0.3) is 0 Å². The lowest BCUT2D eigenvalue weighted by Gasteiger charge is -2.26. The highest BCUT2D eigenvalue weighted by molar-refractivity contribution is 6.32. The number of ketones is 1. The van der Waals surface area contributed by atoms with E-state index in [1.54, 1.807) is 14.2 Å². The number of carbonyl (C=O) groups excluding carboxylic acids is 3. The van der Waals surface area contributed by atoms with Crippen molar-refractivity contribution in [2.24, 2.45) is 23.7 Å². The van der Waals surface area contributed by atoms with Crippen LogP contribution in [0.2, 0.25) is 0 Å². The van der Waals surface area contributed by atoms with Crippen LogP contribution in [0.1, 0.15) is 11.1 Å². The number of allylic oxidation sites excluding steroid dienone is 2. The monoisotopic (exact) mass is 515 g/mol. The molecule has 0 unspecified atom stereocenters. The van der Waals surface area contributed by atoms with Crippen LogP contribution in [0.3, 0.4) is 0 Å². The third kappa shape index (κ3) is 3.24. The number of hydrogen-bond acceptors (Lipinski definition) is 5. The van der Waals surface area contributed by atoms with Crippen molar-refractivity contribution in [1.82, 2.24) is 0 Å². The molecule has 1 saturated heterocycles. The summed E-state index contributed by atoms with van der Waals surface area (Å²) in [5.74, 6) is -2.10. The number of rotatable bonds is 5. The summed E-state index contributed by atoms with van der Waals surface area (Å²) in [6.07, 6.45) is 0. The van der Waals surface area contributed by atoms with Gasteiger partial charge in [0, 0.05) is 5.39 Å². The molecule has 4 aromatic carbocycles. The van der Waals surface area contributed by atoms with Crippen LogP contribution in [-0.4, -0.2) is 31.8 Å². The minimum atomic E-state index is -0.729. The van der Waals surface area contributed by atoms with Gasteiger partial charge in [-0.05, 0) is 58.0 Å². The molecule has 0 radical (unpaired) electrons. The van der Waals surface area contributed by atoms with Crippen LogP contribution in [0.4, 0.5) is 5.69 Å². The van der Waals surface area contributed by atoms with Gasteiger partial charge in [-0.1, -0.05) is 60.7 Å². The Bertz CT molecular complexity index is 1610. The first-order valence-corrected chi connectivity index (χ1v) is 13.0. The van der Waals surface area contributed by atoms with E-state index in [2.05, 4.69) is 0 Å². The van der Waals surface area contributed by atoms with Crippen LogP contribution in [0.15, 0.2) is 91.0 Å². The van der Waals surface area contributed by atoms with E-state index in [1.165, 1.54) is 4.90 Å². The maximum absolute atomic E-state index is 14.1. The van der Waals surface area contributed by atoms with E-state index in [0.717, 1.165) is 33.0 Å². The second-order valence-corrected chi connectivity index (χ2v) is 10.2. The summed E-state index contributed by atoms with van der Waals surface area (Å²) in [4.78, 5) is 43.4. The van der Waals surface area contributed by atoms with Gasteiger partial charge in [0.2, 0.25) is 11.8 Å². The predicted molar refractivity (Wildman–Crippen MR) is 148 cm³/mol. The Balaban J connectivity index is 1.39. The van der Waals surface area contributed by atoms with Gasteiger partial charge in [-0.15, -0.1) is 0 Å². The number of ether oxygens (including phenoxy) is 2. The van der Waals surface area contributed by atoms with Crippen LogP contribution in [-0.2, 0) is 14.4 Å². The van der Waals surface area contributed by atoms with E-state index in [9.17, 15) is 14.4 Å². The van der Waals surface area contributed by atoms with Gasteiger partial charge in [0.15, 0.2) is 0 Å². The summed E-state index contributed by atoms with van der Waals surface area (Å²) >= 11 is 0. The molecule has 39 heavy (non-hydrogen) atoms. The minimum absolute atomic E-state index is 0.0547. The molecule has 192 valence electrons. The van der Waals surface area contributed by atoms with Gasteiger partial charge >= 0.3 is 0 Å². The smallest absolute Gasteiger partial charge is 0.238 e. The fourth-order valence-electron chi connectivity index (χ4n) is 6.79. The molecule has 6 nitrogen and oxygen atoms in total. The number of hydrogen-bond donors (Lipinski definition) is 0. The highest BCUT2D eigenvalue weighted by atomic mass is 16.5. The summed E-state index contributed by atoms with van der Waals surface area (Å²) in [7, 11) is 3.21. The molecule has 4 aromatic rings. The fraction of sp³-hybridized carbons (Fsp3) is 0.182. The summed E-state index contributed by atoms with van der Waals surface area (Å²) in [5, 5.41) is 1.78. The third-order valence-corrected chi connectivity index (χ3v) is 8.45. The first kappa shape index (κ1) is 23.4. The molecular formula is C33H25NO5. The zero-order valence-electron chi connectivity index (χ0n) is 21.5. The van der Waals surface area contributed by atoms with Crippen molar-refractivity contribution < 1.29 is 23.9 Å². The average Bonchev–Trinajstić information content (AvgIpc) is 3.54. The number of anilines is 1. The van der Waals surface area contributed by atoms with Crippen LogP contribution in [0.5, 0.6) is 11.5 Å². The topological polar surface area (TPSA) is 72.9 Å². The van der Waals surface area contributed by atoms with E-state index in [4.69, 9.17) is 9.47 Å². The van der Waals surface area contributed by atoms with Crippen molar-refractivity contribution in [2.45, 2.75) is 0 Å². The van der Waals surface area contributed by atoms with Crippen molar-refractivity contribution >= 4 is 45.2 Å². The molecule has 2 amide bonds. The molecule has 1 heterocycles. The lowest BCUT2D eigenvalue weighted by atomic mass is 9.73. The lowest BCUT2D eigenvalue weighted by Crippen LogP contribution is -2.34. The molecule has 6 heteroatoms. The largest absolute Gasteiger partial charge is 0.497 e. The molecule has 0 N–H and O–H groups in total. The van der Waals surface area contributed by atoms with Gasteiger partial charge < -0.3 is 9.47 Å². The normalized spacial score (nSPS) is 23.6. The third-order valence-electron chi connectivity index (χ3n) is 8.45. The second kappa shape index (κ2) is 8.67. The second-order valence-electron chi connectivity index (χ2n) is 10.2. The zero-order valence-corrected chi connectivity index (χ0v) is 21.5. The van der Waals surface area contributed by atoms with Gasteiger partial charge in [-0.25, -0.2) is 4.90 Å². The molecule has 0 aromatic heterocycles. The Morgan fingerprint density at radius 1 is 0.590 bits per heavy atom. The van der Waals surface area contributed by atoms with Gasteiger partial charge in [0.05, 0.1) is 43.6 Å². The van der Waals surface area contributed by atoms with Crippen LogP contribution in [0.25, 0.3) is 21.9 Å². The molecule has 0 spiro atoms. The standard InChI is InChI=1S/C33H25NO5/c1-38-21-14-10-19(11-15-21)25-26(20-12-16-22(39-2)17-13-20)28-30-29(27(25)31(28)35)32(36)34(33(30)37)24-9-5-7-18-6-3-4-8-23(18)24/h3-17,27-30H,1-2H3/t27-,28+,29-,30+. The first-order valence-electron chi connectivity index (χ1n) is 13.0. The SMILES string of the molecule is COc1ccc(C2=C(c3ccc(OC)cc3)[C@@H]3C(=O)[C@H]2[C@H]2C(=O)N(c4cccc5ccccc45)C(=O)[C@@H]32)cc1. The molecule has 3 aliphatic rings. The highest BCUT2D eigenvalue weighted by Crippen LogP contribution is 2.62. The van der Waals surface area contributed by atoms with Crippen molar-refractivity contribution in [1.29, 1.82) is 0 Å². The number of benzene rings is 4. The number of carbonyl (C=O) groups is 3. The van der Waals surface area contributed by atoms with Gasteiger partial charge in [-0.3, -0.25) is 14.4 Å². The first-order chi connectivity index (χ1) is 19.0. The van der Waals surface area contributed by atoms with E-state index >= 15 is 0 Å². The predicted octanol–water partition coefficient (Wildman–Crippen LogP) is 5.40. The number of amides is 2. The minimum Gasteiger partial charge on any atom is -0.497 e. The molecular weight excluding hydrogens is 490 g/mol. The zero-order chi connectivity index (χ0) is 26.8. The summed E-state index contributed by atoms with van der Waals surface area (Å²) in [5.41, 5.74) is 3.91. The Kier molecular flexibility index (Phi) is 5.20. The number of nitrogens with zero attached hydrogens (tertiary/aromatic N) is 1. The van der Waals surface area contributed by atoms with Crippen molar-refractivity contribution in [3.05, 3.63) is 102 Å². The highest BCUT2D eigenvalue weighted by Gasteiger charge is 2.68. The number of methoxy groups -OCH3 is 2. The Morgan fingerprint density at radius 2 is 1.08 bits per heavy atom. The maximum Gasteiger partial charge on any atom is 0.238 e. The molecule has 7 rings (SSSR count). The van der Waals surface area contributed by atoms with Crippen LogP contribution in [0, 0.1) is 23.7 Å². The van der Waals surface area contributed by atoms with Gasteiger partial charge in [0.1, 0.15) is 17.3 Å². The summed E-state index contributed by atoms with van der Waals surface area (Å²) in [6.45, 7) is 0. The van der Waals surface area contributed by atoms with Crippen LogP contribution >= 0.6 is 0 Å². The molecule has 1 saturated carbocycles. The van der Waals surface area contributed by atoms with E-state index in [-0.39, 0.29) is 17.6 Å². The van der Waals surface area contributed by atoms with E-state index in [1.807, 2.05) is 91.0 Å². The molecule has 1 aliphatic heterocycles. The molecule has 2 fully saturated rings. The Hall–Kier alpha value is -4.71. The maximum atomic E-state index is 14.1. The quantitative estimate of drug-likeness (QED) is 0.333. The number of imide groups is 1. The Labute approximate surface area is 225 Å². The molecule has 4 atom stereocenters. The summed E-state index contributed by atoms with van der Waals surface area (Å²) in [6, 6.07) is 28.4. The van der Waals surface area contributed by atoms with E-state index in [0.29, 0.717) is 17.2 Å². The average molecular weight is 516 g/mol. The van der Waals surface area contributed by atoms with E-state index < -0.39 is 23.7 Å². The Morgan fingerprint density at radius 3 is 1.59 bits per heavy atom. The van der Waals surface area contributed by atoms with Crippen molar-refractivity contribution in [3.63, 3.8) is 0 Å². The van der Waals surface area contributed by atoms with Gasteiger partial charge in [-0.2, -0.15) is 0 Å². The number of fused-ring (bicyclic) bond motifs is 6. The fourth-order valence-corrected chi connectivity index (χ4v) is 6.79. The number of Topliss-reactive ketones (excluding diaryl/α,β-unsaturated/α-hetero) is 1. The van der Waals surface area contributed by atoms with Crippen molar-refractivity contribution in [2.75, 3.05) is 19.1 Å². The summed E-state index contributed by atoms with van der Waals surface area (Å²) < 4.78 is 10.7. The molecule has 2 aliphatic carbocycles.